The van der Waals surface area contributed by atoms with Crippen molar-refractivity contribution in [3.63, 3.8) is 0 Å². The number of hydrogen-bond acceptors (Lipinski definition) is 4. The highest BCUT2D eigenvalue weighted by Gasteiger charge is 2.45. The van der Waals surface area contributed by atoms with Gasteiger partial charge in [0, 0.05) is 21.6 Å². The minimum atomic E-state index is -0.772. The maximum absolute atomic E-state index is 13.0. The van der Waals surface area contributed by atoms with Crippen molar-refractivity contribution in [2.75, 3.05) is 6.54 Å². The molecule has 3 aromatic carbocycles. The zero-order valence-corrected chi connectivity index (χ0v) is 19.2. The highest BCUT2D eigenvalue weighted by Crippen LogP contribution is 2.40. The van der Waals surface area contributed by atoms with Crippen molar-refractivity contribution in [2.45, 2.75) is 12.5 Å². The molecular weight excluding hydrogens is 494 g/mol. The summed E-state index contributed by atoms with van der Waals surface area (Å²) in [5.41, 5.74) is 2.05. The van der Waals surface area contributed by atoms with E-state index in [1.165, 1.54) is 17.0 Å². The van der Waals surface area contributed by atoms with Gasteiger partial charge in [-0.15, -0.1) is 0 Å². The van der Waals surface area contributed by atoms with Crippen molar-refractivity contribution in [3.8, 4) is 5.75 Å². The number of nitrogens with zero attached hydrogens (tertiary/aromatic N) is 1. The number of phenolic OH excluding ortho intramolecular Hbond substituents is 1. The molecule has 1 aliphatic heterocycles. The van der Waals surface area contributed by atoms with Crippen LogP contribution in [0.1, 0.15) is 22.7 Å². The second-order valence-corrected chi connectivity index (χ2v) is 8.82. The number of rotatable bonds is 5. The van der Waals surface area contributed by atoms with Crippen LogP contribution in [0.2, 0.25) is 5.02 Å². The Morgan fingerprint density at radius 2 is 1.56 bits per heavy atom. The predicted molar refractivity (Wildman–Crippen MR) is 126 cm³/mol. The first-order valence-electron chi connectivity index (χ1n) is 9.93. The molecule has 0 bridgehead atoms. The second kappa shape index (κ2) is 9.18. The molecule has 0 radical (unpaired) electrons. The van der Waals surface area contributed by atoms with Gasteiger partial charge < -0.3 is 15.1 Å². The third-order valence-electron chi connectivity index (χ3n) is 5.42. The first-order valence-corrected chi connectivity index (χ1v) is 11.1. The number of carbonyl (C=O) groups is 2. The van der Waals surface area contributed by atoms with Crippen LogP contribution >= 0.6 is 27.5 Å². The van der Waals surface area contributed by atoms with E-state index in [0.29, 0.717) is 22.6 Å². The van der Waals surface area contributed by atoms with Crippen LogP contribution in [-0.2, 0) is 16.0 Å². The van der Waals surface area contributed by atoms with Crippen LogP contribution in [0.5, 0.6) is 5.75 Å². The topological polar surface area (TPSA) is 77.8 Å². The fourth-order valence-electron chi connectivity index (χ4n) is 3.78. The van der Waals surface area contributed by atoms with E-state index in [2.05, 4.69) is 15.9 Å². The van der Waals surface area contributed by atoms with Crippen LogP contribution < -0.4 is 0 Å². The number of halogens is 2. The fourth-order valence-corrected chi connectivity index (χ4v) is 4.17. The van der Waals surface area contributed by atoms with Gasteiger partial charge in [0.1, 0.15) is 11.5 Å². The minimum Gasteiger partial charge on any atom is -0.508 e. The SMILES string of the molecule is O=C1C(=O)N(CCc2ccc(Cl)cc2)C(c2ccc(O)cc2)/C1=C(/O)c1ccc(Br)cc1. The monoisotopic (exact) mass is 511 g/mol. The summed E-state index contributed by atoms with van der Waals surface area (Å²) in [5, 5.41) is 21.3. The molecule has 1 saturated heterocycles. The molecule has 0 aromatic heterocycles. The van der Waals surface area contributed by atoms with E-state index in [9.17, 15) is 19.8 Å². The Morgan fingerprint density at radius 3 is 2.19 bits per heavy atom. The lowest BCUT2D eigenvalue weighted by Crippen LogP contribution is -2.31. The third kappa shape index (κ3) is 4.42. The fraction of sp³-hybridized carbons (Fsp3) is 0.120. The molecule has 1 amide bonds. The molecule has 4 rings (SSSR count). The first kappa shape index (κ1) is 22.1. The van der Waals surface area contributed by atoms with Crippen LogP contribution in [0, 0.1) is 0 Å². The Balaban J connectivity index is 1.76. The standard InChI is InChI=1S/C25H19BrClNO4/c26-18-7-3-17(4-8-18)23(30)21-22(16-5-11-20(29)12-6-16)28(25(32)24(21)31)14-13-15-1-9-19(27)10-2-15/h1-12,22,29-30H,13-14H2/b23-21-. The van der Waals surface area contributed by atoms with Crippen LogP contribution in [-0.4, -0.2) is 33.3 Å². The predicted octanol–water partition coefficient (Wildman–Crippen LogP) is 5.47. The van der Waals surface area contributed by atoms with Crippen molar-refractivity contribution < 1.29 is 19.8 Å². The molecule has 1 unspecified atom stereocenters. The van der Waals surface area contributed by atoms with E-state index >= 15 is 0 Å². The van der Waals surface area contributed by atoms with Gasteiger partial charge in [-0.3, -0.25) is 9.59 Å². The van der Waals surface area contributed by atoms with Crippen molar-refractivity contribution in [2.24, 2.45) is 0 Å². The molecule has 0 aliphatic carbocycles. The van der Waals surface area contributed by atoms with E-state index in [1.807, 2.05) is 12.1 Å². The average molecular weight is 513 g/mol. The summed E-state index contributed by atoms with van der Waals surface area (Å²) in [7, 11) is 0. The molecular formula is C25H19BrClNO4. The highest BCUT2D eigenvalue weighted by molar-refractivity contribution is 9.10. The lowest BCUT2D eigenvalue weighted by atomic mass is 9.95. The van der Waals surface area contributed by atoms with Gasteiger partial charge in [-0.2, -0.15) is 0 Å². The zero-order valence-electron chi connectivity index (χ0n) is 16.8. The van der Waals surface area contributed by atoms with Gasteiger partial charge in [0.05, 0.1) is 11.6 Å². The highest BCUT2D eigenvalue weighted by atomic mass is 79.9. The molecule has 162 valence electrons. The molecule has 3 aromatic rings. The van der Waals surface area contributed by atoms with Gasteiger partial charge >= 0.3 is 0 Å². The third-order valence-corrected chi connectivity index (χ3v) is 6.20. The summed E-state index contributed by atoms with van der Waals surface area (Å²) in [6, 6.07) is 19.7. The Hall–Kier alpha value is -3.09. The van der Waals surface area contributed by atoms with Gasteiger partial charge in [-0.05, 0) is 53.9 Å². The number of aliphatic hydroxyl groups excluding tert-OH is 1. The smallest absolute Gasteiger partial charge is 0.295 e. The summed E-state index contributed by atoms with van der Waals surface area (Å²) in [5.74, 6) is -1.57. The van der Waals surface area contributed by atoms with Gasteiger partial charge in [-0.25, -0.2) is 0 Å². The maximum Gasteiger partial charge on any atom is 0.295 e. The number of hydrogen-bond donors (Lipinski definition) is 2. The van der Waals surface area contributed by atoms with Crippen molar-refractivity contribution >= 4 is 45.0 Å². The second-order valence-electron chi connectivity index (χ2n) is 7.47. The van der Waals surface area contributed by atoms with E-state index in [4.69, 9.17) is 11.6 Å². The number of Topliss-reactive ketones (excluding diaryl/α,β-unsaturated/α-hetero) is 1. The number of aliphatic hydroxyl groups is 1. The quantitative estimate of drug-likeness (QED) is 0.270. The Bertz CT molecular complexity index is 1190. The van der Waals surface area contributed by atoms with Crippen molar-refractivity contribution in [1.29, 1.82) is 0 Å². The molecule has 32 heavy (non-hydrogen) atoms. The molecule has 2 N–H and O–H groups in total. The van der Waals surface area contributed by atoms with E-state index in [-0.39, 0.29) is 23.6 Å². The normalized spacial score (nSPS) is 17.7. The van der Waals surface area contributed by atoms with Gasteiger partial charge in [-0.1, -0.05) is 63.9 Å². The maximum atomic E-state index is 13.0. The lowest BCUT2D eigenvalue weighted by molar-refractivity contribution is -0.139. The number of carbonyl (C=O) groups excluding carboxylic acids is 2. The van der Waals surface area contributed by atoms with E-state index in [0.717, 1.165) is 10.0 Å². The summed E-state index contributed by atoms with van der Waals surface area (Å²) in [4.78, 5) is 27.5. The number of likely N-dealkylation sites (tertiary alicyclic amines) is 1. The molecule has 7 heteroatoms. The summed E-state index contributed by atoms with van der Waals surface area (Å²) in [6.07, 6.45) is 0.511. The van der Waals surface area contributed by atoms with Crippen molar-refractivity contribution in [3.05, 3.63) is 105 Å². The van der Waals surface area contributed by atoms with Gasteiger partial charge in [0.2, 0.25) is 0 Å². The minimum absolute atomic E-state index is 0.0270. The lowest BCUT2D eigenvalue weighted by Gasteiger charge is -2.25. The Labute approximate surface area is 198 Å². The number of benzene rings is 3. The molecule has 0 saturated carbocycles. The molecule has 1 heterocycles. The number of amides is 1. The summed E-state index contributed by atoms with van der Waals surface area (Å²) < 4.78 is 0.826. The molecule has 1 aliphatic rings. The number of phenols is 1. The van der Waals surface area contributed by atoms with Gasteiger partial charge in [0.15, 0.2) is 0 Å². The molecule has 0 spiro atoms. The van der Waals surface area contributed by atoms with Crippen LogP contribution in [0.4, 0.5) is 0 Å². The van der Waals surface area contributed by atoms with Crippen LogP contribution in [0.15, 0.2) is 82.8 Å². The van der Waals surface area contributed by atoms with Crippen molar-refractivity contribution in [1.82, 2.24) is 4.90 Å². The summed E-state index contributed by atoms with van der Waals surface area (Å²) >= 11 is 9.31. The summed E-state index contributed by atoms with van der Waals surface area (Å²) in [6.45, 7) is 0.273. The molecule has 5 nitrogen and oxygen atoms in total. The molecule has 1 fully saturated rings. The average Bonchev–Trinajstić information content (AvgIpc) is 3.04. The largest absolute Gasteiger partial charge is 0.508 e. The van der Waals surface area contributed by atoms with E-state index < -0.39 is 17.7 Å². The first-order chi connectivity index (χ1) is 15.3. The van der Waals surface area contributed by atoms with E-state index in [1.54, 1.807) is 48.5 Å². The number of ketones is 1. The Kier molecular flexibility index (Phi) is 6.35. The van der Waals surface area contributed by atoms with Crippen LogP contribution in [0.3, 0.4) is 0 Å². The van der Waals surface area contributed by atoms with Gasteiger partial charge in [0.25, 0.3) is 11.7 Å². The van der Waals surface area contributed by atoms with Crippen LogP contribution in [0.25, 0.3) is 5.76 Å². The number of aromatic hydroxyl groups is 1. The molecule has 1 atom stereocenters. The Morgan fingerprint density at radius 1 is 0.938 bits per heavy atom. The zero-order chi connectivity index (χ0) is 22.8.